The first-order valence-electron chi connectivity index (χ1n) is 13.9. The molecule has 4 heterocycles. The van der Waals surface area contributed by atoms with Crippen LogP contribution in [0.2, 0.25) is 5.02 Å². The van der Waals surface area contributed by atoms with Gasteiger partial charge < -0.3 is 15.4 Å². The average molecular weight is 561 g/mol. The number of rotatable bonds is 7. The van der Waals surface area contributed by atoms with Gasteiger partial charge in [0.05, 0.1) is 51.8 Å². The number of nitrogens with zero attached hydrogens (tertiary/aromatic N) is 4. The summed E-state index contributed by atoms with van der Waals surface area (Å²) in [5, 5.41) is 7.00. The summed E-state index contributed by atoms with van der Waals surface area (Å²) in [4.78, 5) is 35.3. The SMILES string of the molecule is Cc1ncc(Cl)cc1C(=O)NC1CCC(Cn2c(=O)n(-c3ccc(NC4CCOC4)nc3)c3ccccc32)CC1. The lowest BCUT2D eigenvalue weighted by atomic mass is 9.85. The Morgan fingerprint density at radius 3 is 2.55 bits per heavy atom. The average Bonchev–Trinajstić information content (AvgIpc) is 3.57. The van der Waals surface area contributed by atoms with E-state index in [1.54, 1.807) is 23.0 Å². The highest BCUT2D eigenvalue weighted by molar-refractivity contribution is 6.30. The van der Waals surface area contributed by atoms with Gasteiger partial charge in [0.2, 0.25) is 0 Å². The molecule has 3 aromatic heterocycles. The molecule has 10 heteroatoms. The van der Waals surface area contributed by atoms with Crippen LogP contribution in [-0.2, 0) is 11.3 Å². The molecule has 0 radical (unpaired) electrons. The van der Waals surface area contributed by atoms with Crippen molar-refractivity contribution in [3.8, 4) is 5.69 Å². The molecule has 2 aliphatic rings. The van der Waals surface area contributed by atoms with Gasteiger partial charge in [0.25, 0.3) is 5.91 Å². The van der Waals surface area contributed by atoms with Gasteiger partial charge in [0.1, 0.15) is 5.82 Å². The number of hydrogen-bond donors (Lipinski definition) is 2. The highest BCUT2D eigenvalue weighted by Gasteiger charge is 2.26. The number of aromatic nitrogens is 4. The summed E-state index contributed by atoms with van der Waals surface area (Å²) in [5.41, 5.74) is 3.64. The Morgan fingerprint density at radius 2 is 1.82 bits per heavy atom. The number of halogens is 1. The van der Waals surface area contributed by atoms with Crippen LogP contribution in [0.5, 0.6) is 0 Å². The minimum absolute atomic E-state index is 0.0627. The number of aryl methyl sites for hydroxylation is 1. The fourth-order valence-corrected chi connectivity index (χ4v) is 6.00. The number of para-hydroxylation sites is 2. The van der Waals surface area contributed by atoms with Gasteiger partial charge >= 0.3 is 5.69 Å². The van der Waals surface area contributed by atoms with Crippen LogP contribution in [0.3, 0.4) is 0 Å². The second-order valence-electron chi connectivity index (χ2n) is 10.8. The Kier molecular flexibility index (Phi) is 7.58. The van der Waals surface area contributed by atoms with Crippen molar-refractivity contribution in [3.05, 3.63) is 81.6 Å². The van der Waals surface area contributed by atoms with Crippen molar-refractivity contribution in [2.75, 3.05) is 18.5 Å². The molecule has 1 aliphatic heterocycles. The largest absolute Gasteiger partial charge is 0.379 e. The Labute approximate surface area is 237 Å². The lowest BCUT2D eigenvalue weighted by molar-refractivity contribution is 0.0919. The van der Waals surface area contributed by atoms with Crippen LogP contribution in [0, 0.1) is 12.8 Å². The highest BCUT2D eigenvalue weighted by atomic mass is 35.5. The van der Waals surface area contributed by atoms with Gasteiger partial charge in [-0.05, 0) is 75.3 Å². The molecule has 1 atom stereocenters. The molecular formula is C30H33ClN6O3. The lowest BCUT2D eigenvalue weighted by Crippen LogP contribution is -2.39. The van der Waals surface area contributed by atoms with Gasteiger partial charge in [-0.3, -0.25) is 18.9 Å². The van der Waals surface area contributed by atoms with E-state index in [2.05, 4.69) is 20.6 Å². The van der Waals surface area contributed by atoms with E-state index in [-0.39, 0.29) is 23.7 Å². The zero-order chi connectivity index (χ0) is 27.6. The van der Waals surface area contributed by atoms with Gasteiger partial charge in [0.15, 0.2) is 0 Å². The summed E-state index contributed by atoms with van der Waals surface area (Å²) in [6.07, 6.45) is 7.84. The van der Waals surface area contributed by atoms with Crippen LogP contribution in [0.4, 0.5) is 5.82 Å². The van der Waals surface area contributed by atoms with Crippen LogP contribution in [-0.4, -0.2) is 50.3 Å². The van der Waals surface area contributed by atoms with Crippen molar-refractivity contribution >= 4 is 34.4 Å². The van der Waals surface area contributed by atoms with Crippen molar-refractivity contribution in [2.45, 2.75) is 57.7 Å². The standard InChI is InChI=1S/C30H33ClN6O3/c1-19-25(14-21(31)15-32-19)29(38)35-22-8-6-20(7-9-22)17-36-26-4-2-3-5-27(26)37(30(36)39)24-10-11-28(33-16-24)34-23-12-13-40-18-23/h2-5,10-11,14-16,20,22-23H,6-9,12-13,17-18H2,1H3,(H,33,34)(H,35,38). The van der Waals surface area contributed by atoms with Crippen molar-refractivity contribution in [2.24, 2.45) is 5.92 Å². The summed E-state index contributed by atoms with van der Waals surface area (Å²) in [6, 6.07) is 13.8. The minimum atomic E-state index is -0.137. The van der Waals surface area contributed by atoms with E-state index in [1.807, 2.05) is 47.9 Å². The fourth-order valence-electron chi connectivity index (χ4n) is 5.84. The monoisotopic (exact) mass is 560 g/mol. The van der Waals surface area contributed by atoms with Crippen LogP contribution in [0.1, 0.15) is 48.2 Å². The van der Waals surface area contributed by atoms with Crippen LogP contribution < -0.4 is 16.3 Å². The molecule has 0 spiro atoms. The van der Waals surface area contributed by atoms with Crippen molar-refractivity contribution in [3.63, 3.8) is 0 Å². The quantitative estimate of drug-likeness (QED) is 0.339. The third-order valence-corrected chi connectivity index (χ3v) is 8.25. The number of amides is 1. The van der Waals surface area contributed by atoms with Crippen molar-refractivity contribution in [1.82, 2.24) is 24.4 Å². The van der Waals surface area contributed by atoms with E-state index in [0.29, 0.717) is 35.3 Å². The van der Waals surface area contributed by atoms with E-state index >= 15 is 0 Å². The van der Waals surface area contributed by atoms with E-state index in [1.165, 1.54) is 0 Å². The minimum Gasteiger partial charge on any atom is -0.379 e. The Bertz CT molecular complexity index is 1570. The molecule has 1 saturated heterocycles. The highest BCUT2D eigenvalue weighted by Crippen LogP contribution is 2.28. The Hall–Kier alpha value is -3.69. The maximum atomic E-state index is 13.7. The predicted octanol–water partition coefficient (Wildman–Crippen LogP) is 4.73. The molecule has 0 bridgehead atoms. The number of imidazole rings is 1. The number of ether oxygens (including phenoxy) is 1. The number of hydrogen-bond acceptors (Lipinski definition) is 6. The maximum Gasteiger partial charge on any atom is 0.333 e. The molecular weight excluding hydrogens is 528 g/mol. The van der Waals surface area contributed by atoms with Gasteiger partial charge in [-0.25, -0.2) is 9.78 Å². The van der Waals surface area contributed by atoms with Gasteiger partial charge in [-0.2, -0.15) is 0 Å². The van der Waals surface area contributed by atoms with Gasteiger partial charge in [0, 0.05) is 25.4 Å². The molecule has 40 heavy (non-hydrogen) atoms. The van der Waals surface area contributed by atoms with E-state index in [0.717, 1.165) is 61.2 Å². The van der Waals surface area contributed by atoms with Crippen molar-refractivity contribution in [1.29, 1.82) is 0 Å². The molecule has 9 nitrogen and oxygen atoms in total. The number of nitrogens with one attached hydrogen (secondary N) is 2. The number of benzene rings is 1. The number of pyridine rings is 2. The number of fused-ring (bicyclic) bond motifs is 1. The number of carbonyl (C=O) groups excluding carboxylic acids is 1. The lowest BCUT2D eigenvalue weighted by Gasteiger charge is -2.29. The molecule has 1 aromatic carbocycles. The summed E-state index contributed by atoms with van der Waals surface area (Å²) in [7, 11) is 0. The predicted molar refractivity (Wildman–Crippen MR) is 155 cm³/mol. The summed E-state index contributed by atoms with van der Waals surface area (Å²) >= 11 is 6.05. The first-order valence-corrected chi connectivity index (χ1v) is 14.3. The first kappa shape index (κ1) is 26.5. The fraction of sp³-hybridized carbons (Fsp3) is 0.400. The Balaban J connectivity index is 1.15. The molecule has 2 N–H and O–H groups in total. The zero-order valence-electron chi connectivity index (χ0n) is 22.5. The first-order chi connectivity index (χ1) is 19.5. The second-order valence-corrected chi connectivity index (χ2v) is 11.2. The normalized spacial score (nSPS) is 21.0. The molecule has 6 rings (SSSR count). The van der Waals surface area contributed by atoms with Crippen LogP contribution >= 0.6 is 11.6 Å². The molecule has 2 fully saturated rings. The van der Waals surface area contributed by atoms with Crippen LogP contribution in [0.25, 0.3) is 16.7 Å². The summed E-state index contributed by atoms with van der Waals surface area (Å²) in [6.45, 7) is 3.90. The second kappa shape index (κ2) is 11.4. The third-order valence-electron chi connectivity index (χ3n) is 8.04. The number of anilines is 1. The summed E-state index contributed by atoms with van der Waals surface area (Å²) in [5.74, 6) is 0.987. The molecule has 1 unspecified atom stereocenters. The maximum absolute atomic E-state index is 13.7. The third kappa shape index (κ3) is 5.48. The molecule has 1 amide bonds. The van der Waals surface area contributed by atoms with E-state index < -0.39 is 0 Å². The molecule has 4 aromatic rings. The van der Waals surface area contributed by atoms with Crippen LogP contribution in [0.15, 0.2) is 59.7 Å². The summed E-state index contributed by atoms with van der Waals surface area (Å²) < 4.78 is 9.08. The van der Waals surface area contributed by atoms with Gasteiger partial charge in [-0.1, -0.05) is 23.7 Å². The Morgan fingerprint density at radius 1 is 1.02 bits per heavy atom. The van der Waals surface area contributed by atoms with E-state index in [4.69, 9.17) is 16.3 Å². The van der Waals surface area contributed by atoms with Gasteiger partial charge in [-0.15, -0.1) is 0 Å². The molecule has 1 saturated carbocycles. The van der Waals surface area contributed by atoms with E-state index in [9.17, 15) is 9.59 Å². The molecule has 1 aliphatic carbocycles. The zero-order valence-corrected chi connectivity index (χ0v) is 23.2. The number of carbonyl (C=O) groups is 1. The topological polar surface area (TPSA) is 103 Å². The molecule has 208 valence electrons. The van der Waals surface area contributed by atoms with Crippen molar-refractivity contribution < 1.29 is 9.53 Å². The smallest absolute Gasteiger partial charge is 0.333 e.